The molecule has 0 amide bonds. The minimum Gasteiger partial charge on any atom is -0.312 e. The van der Waals surface area contributed by atoms with Gasteiger partial charge >= 0.3 is 0 Å². The van der Waals surface area contributed by atoms with Gasteiger partial charge in [-0.3, -0.25) is 0 Å². The van der Waals surface area contributed by atoms with Crippen LogP contribution in [0.3, 0.4) is 0 Å². The van der Waals surface area contributed by atoms with E-state index < -0.39 is 32.4 Å². The normalized spacial score (nSPS) is 26.5. The zero-order valence-corrected chi connectivity index (χ0v) is 13.2. The van der Waals surface area contributed by atoms with Crippen LogP contribution in [0.25, 0.3) is 0 Å². The number of nitriles is 1. The maximum Gasteiger partial charge on any atom is 0.184 e. The van der Waals surface area contributed by atoms with E-state index >= 15 is 0 Å². The summed E-state index contributed by atoms with van der Waals surface area (Å²) in [5, 5.41) is 8.28. The van der Waals surface area contributed by atoms with E-state index in [-0.39, 0.29) is 4.90 Å². The number of sulfone groups is 1. The van der Waals surface area contributed by atoms with E-state index in [1.165, 1.54) is 30.3 Å². The molecule has 0 heterocycles. The van der Waals surface area contributed by atoms with Crippen LogP contribution >= 0.6 is 0 Å². The second-order valence-corrected chi connectivity index (χ2v) is 7.93. The van der Waals surface area contributed by atoms with E-state index in [9.17, 15) is 18.1 Å². The predicted octanol–water partition coefficient (Wildman–Crippen LogP) is 2.29. The third-order valence-corrected chi connectivity index (χ3v) is 6.52. The van der Waals surface area contributed by atoms with Gasteiger partial charge in [-0.15, -0.1) is 0 Å². The Morgan fingerprint density at radius 3 is 2.43 bits per heavy atom. The molecule has 3 unspecified atom stereocenters. The minimum absolute atomic E-state index is 0.122. The van der Waals surface area contributed by atoms with Gasteiger partial charge in [-0.2, -0.15) is 5.26 Å². The standard InChI is InChI=1S/C17H15FN2O2S/c1-11-5-7-14(8-6-11)23(21,22)16-15(17(16,20)10-19)12-3-2-4-13(18)9-12/h2-9,15-16H,20H2,1H3. The lowest BCUT2D eigenvalue weighted by molar-refractivity contribution is 0.591. The molecular formula is C17H15FN2O2S. The van der Waals surface area contributed by atoms with E-state index in [2.05, 4.69) is 0 Å². The number of rotatable bonds is 3. The molecule has 0 aromatic heterocycles. The quantitative estimate of drug-likeness (QED) is 0.936. The fourth-order valence-corrected chi connectivity index (χ4v) is 5.15. The number of halogens is 1. The molecule has 6 heteroatoms. The van der Waals surface area contributed by atoms with Gasteiger partial charge in [0.05, 0.1) is 11.0 Å². The van der Waals surface area contributed by atoms with Crippen LogP contribution in [0.2, 0.25) is 0 Å². The van der Waals surface area contributed by atoms with Crippen molar-refractivity contribution in [2.24, 2.45) is 5.73 Å². The topological polar surface area (TPSA) is 83.9 Å². The van der Waals surface area contributed by atoms with Gasteiger partial charge in [-0.25, -0.2) is 12.8 Å². The lowest BCUT2D eigenvalue weighted by Crippen LogP contribution is -2.29. The Labute approximate surface area is 134 Å². The summed E-state index contributed by atoms with van der Waals surface area (Å²) in [5.74, 6) is -1.23. The SMILES string of the molecule is Cc1ccc(S(=O)(=O)C2C(c3cccc(F)c3)C2(N)C#N)cc1. The molecule has 118 valence electrons. The summed E-state index contributed by atoms with van der Waals surface area (Å²) in [5.41, 5.74) is 5.82. The molecule has 0 saturated heterocycles. The van der Waals surface area contributed by atoms with Crippen molar-refractivity contribution < 1.29 is 12.8 Å². The second kappa shape index (κ2) is 5.15. The monoisotopic (exact) mass is 330 g/mol. The van der Waals surface area contributed by atoms with Crippen LogP contribution in [-0.2, 0) is 9.84 Å². The highest BCUT2D eigenvalue weighted by molar-refractivity contribution is 7.92. The first-order valence-corrected chi connectivity index (χ1v) is 8.61. The van der Waals surface area contributed by atoms with Gasteiger partial charge < -0.3 is 5.73 Å². The molecule has 1 aliphatic rings. The van der Waals surface area contributed by atoms with Crippen LogP contribution in [0.5, 0.6) is 0 Å². The summed E-state index contributed by atoms with van der Waals surface area (Å²) in [6, 6.07) is 13.9. The highest BCUT2D eigenvalue weighted by atomic mass is 32.2. The van der Waals surface area contributed by atoms with Crippen LogP contribution in [0, 0.1) is 24.1 Å². The van der Waals surface area contributed by atoms with Crippen molar-refractivity contribution in [1.82, 2.24) is 0 Å². The van der Waals surface area contributed by atoms with Crippen molar-refractivity contribution in [3.05, 3.63) is 65.5 Å². The van der Waals surface area contributed by atoms with Crippen molar-refractivity contribution in [3.8, 4) is 6.07 Å². The second-order valence-electron chi connectivity index (χ2n) is 5.86. The number of aryl methyl sites for hydroxylation is 1. The average Bonchev–Trinajstić information content (AvgIpc) is 3.15. The number of hydrogen-bond acceptors (Lipinski definition) is 4. The van der Waals surface area contributed by atoms with Crippen LogP contribution in [0.1, 0.15) is 17.0 Å². The van der Waals surface area contributed by atoms with Gasteiger partial charge in [0.1, 0.15) is 16.6 Å². The van der Waals surface area contributed by atoms with Crippen LogP contribution in [-0.4, -0.2) is 19.2 Å². The van der Waals surface area contributed by atoms with Crippen molar-refractivity contribution in [1.29, 1.82) is 5.26 Å². The van der Waals surface area contributed by atoms with E-state index in [1.54, 1.807) is 18.2 Å². The molecule has 2 aromatic carbocycles. The molecule has 1 aliphatic carbocycles. The molecule has 2 N–H and O–H groups in total. The summed E-state index contributed by atoms with van der Waals surface area (Å²) < 4.78 is 39.1. The first-order valence-electron chi connectivity index (χ1n) is 7.07. The Morgan fingerprint density at radius 2 is 1.87 bits per heavy atom. The van der Waals surface area contributed by atoms with Crippen molar-refractivity contribution >= 4 is 9.84 Å². The largest absolute Gasteiger partial charge is 0.312 e. The van der Waals surface area contributed by atoms with Crippen molar-refractivity contribution in [2.45, 2.75) is 28.5 Å². The van der Waals surface area contributed by atoms with Crippen LogP contribution in [0.15, 0.2) is 53.4 Å². The van der Waals surface area contributed by atoms with E-state index in [4.69, 9.17) is 5.73 Å². The maximum absolute atomic E-state index is 13.4. The minimum atomic E-state index is -3.78. The van der Waals surface area contributed by atoms with Gasteiger partial charge in [-0.05, 0) is 36.8 Å². The zero-order chi connectivity index (χ0) is 16.8. The molecule has 0 radical (unpaired) electrons. The van der Waals surface area contributed by atoms with Gasteiger partial charge in [-0.1, -0.05) is 29.8 Å². The third-order valence-electron chi connectivity index (χ3n) is 4.26. The Morgan fingerprint density at radius 1 is 1.22 bits per heavy atom. The van der Waals surface area contributed by atoms with Gasteiger partial charge in [0.2, 0.25) is 0 Å². The third kappa shape index (κ3) is 2.42. The first kappa shape index (κ1) is 15.7. The smallest absolute Gasteiger partial charge is 0.184 e. The Hall–Kier alpha value is -2.23. The van der Waals surface area contributed by atoms with E-state index in [1.807, 2.05) is 13.0 Å². The molecule has 0 aliphatic heterocycles. The average molecular weight is 330 g/mol. The van der Waals surface area contributed by atoms with Gasteiger partial charge in [0.25, 0.3) is 0 Å². The van der Waals surface area contributed by atoms with Crippen LogP contribution < -0.4 is 5.73 Å². The molecule has 4 nitrogen and oxygen atoms in total. The summed E-state index contributed by atoms with van der Waals surface area (Å²) >= 11 is 0. The highest BCUT2D eigenvalue weighted by Gasteiger charge is 2.70. The lowest BCUT2D eigenvalue weighted by atomic mass is 10.1. The lowest BCUT2D eigenvalue weighted by Gasteiger charge is -2.05. The van der Waals surface area contributed by atoms with Gasteiger partial charge in [0.15, 0.2) is 9.84 Å². The Balaban J connectivity index is 2.05. The number of benzene rings is 2. The molecule has 1 fully saturated rings. The molecular weight excluding hydrogens is 315 g/mol. The Bertz CT molecular complexity index is 903. The van der Waals surface area contributed by atoms with Crippen molar-refractivity contribution in [3.63, 3.8) is 0 Å². The van der Waals surface area contributed by atoms with E-state index in [0.29, 0.717) is 5.56 Å². The first-order chi connectivity index (χ1) is 10.8. The van der Waals surface area contributed by atoms with Gasteiger partial charge in [0, 0.05) is 5.92 Å². The van der Waals surface area contributed by atoms with E-state index in [0.717, 1.165) is 5.56 Å². The summed E-state index contributed by atoms with van der Waals surface area (Å²) in [6.07, 6.45) is 0. The molecule has 0 bridgehead atoms. The Kier molecular flexibility index (Phi) is 3.51. The molecule has 2 aromatic rings. The number of nitrogens with zero attached hydrogens (tertiary/aromatic N) is 1. The molecule has 3 rings (SSSR count). The number of hydrogen-bond donors (Lipinski definition) is 1. The number of nitrogens with two attached hydrogens (primary N) is 1. The zero-order valence-electron chi connectivity index (χ0n) is 12.4. The molecule has 0 spiro atoms. The molecule has 1 saturated carbocycles. The molecule has 23 heavy (non-hydrogen) atoms. The summed E-state index contributed by atoms with van der Waals surface area (Å²) in [7, 11) is -3.78. The summed E-state index contributed by atoms with van der Waals surface area (Å²) in [6.45, 7) is 1.85. The summed E-state index contributed by atoms with van der Waals surface area (Å²) in [4.78, 5) is 0.122. The highest BCUT2D eigenvalue weighted by Crippen LogP contribution is 2.55. The predicted molar refractivity (Wildman–Crippen MR) is 83.8 cm³/mol. The fourth-order valence-electron chi connectivity index (χ4n) is 2.97. The fraction of sp³-hybridized carbons (Fsp3) is 0.235. The van der Waals surface area contributed by atoms with Crippen LogP contribution in [0.4, 0.5) is 4.39 Å². The van der Waals surface area contributed by atoms with Crippen molar-refractivity contribution in [2.75, 3.05) is 0 Å². The molecule has 3 atom stereocenters. The maximum atomic E-state index is 13.4.